The van der Waals surface area contributed by atoms with Crippen molar-refractivity contribution in [3.8, 4) is 11.6 Å². The normalized spacial score (nSPS) is 10.6. The summed E-state index contributed by atoms with van der Waals surface area (Å²) in [5.41, 5.74) is 8.93. The highest BCUT2D eigenvalue weighted by Gasteiger charge is 2.10. The highest BCUT2D eigenvalue weighted by atomic mass is 16.5. The van der Waals surface area contributed by atoms with Crippen molar-refractivity contribution < 1.29 is 19.1 Å². The van der Waals surface area contributed by atoms with Gasteiger partial charge in [0.05, 0.1) is 12.1 Å². The fourth-order valence-corrected chi connectivity index (χ4v) is 3.20. The van der Waals surface area contributed by atoms with Crippen molar-refractivity contribution in [1.29, 1.82) is 5.41 Å². The summed E-state index contributed by atoms with van der Waals surface area (Å²) in [4.78, 5) is 27.8. The van der Waals surface area contributed by atoms with Gasteiger partial charge in [0, 0.05) is 23.6 Å². The van der Waals surface area contributed by atoms with E-state index >= 15 is 0 Å². The lowest BCUT2D eigenvalue weighted by atomic mass is 10.1. The van der Waals surface area contributed by atoms with E-state index in [1.807, 2.05) is 31.2 Å². The average Bonchev–Trinajstić information content (AvgIpc) is 2.74. The van der Waals surface area contributed by atoms with Crippen molar-refractivity contribution in [3.63, 3.8) is 0 Å². The molecular weight excluding hydrogens is 408 g/mol. The lowest BCUT2D eigenvalue weighted by Crippen LogP contribution is -2.28. The number of pyridine rings is 1. The van der Waals surface area contributed by atoms with Crippen LogP contribution in [0.4, 0.5) is 0 Å². The molecule has 0 bridgehead atoms. The second kappa shape index (κ2) is 10.4. The second-order valence-corrected chi connectivity index (χ2v) is 7.25. The molecule has 1 heterocycles. The van der Waals surface area contributed by atoms with Crippen LogP contribution in [0, 0.1) is 12.3 Å². The lowest BCUT2D eigenvalue weighted by Gasteiger charge is -2.10. The first kappa shape index (κ1) is 22.7. The minimum Gasteiger partial charge on any atom is -0.466 e. The molecule has 3 aromatic rings. The number of aromatic nitrogens is 1. The van der Waals surface area contributed by atoms with E-state index in [-0.39, 0.29) is 24.8 Å². The van der Waals surface area contributed by atoms with Gasteiger partial charge in [-0.15, -0.1) is 0 Å². The molecular formula is C24H26N4O4. The number of amides is 1. The molecule has 8 heteroatoms. The SMILES string of the molecule is CCOC(=O)CC(=O)NCCc1ccc2c(C)cc(Oc3ccc(C(=N)N)cc3)nc2c1. The Bertz CT molecular complexity index is 1140. The van der Waals surface area contributed by atoms with Gasteiger partial charge in [0.15, 0.2) is 0 Å². The highest BCUT2D eigenvalue weighted by Crippen LogP contribution is 2.26. The molecule has 3 rings (SSSR count). The van der Waals surface area contributed by atoms with E-state index in [0.717, 1.165) is 22.0 Å². The molecule has 0 spiro atoms. The van der Waals surface area contributed by atoms with Crippen LogP contribution < -0.4 is 15.8 Å². The molecule has 0 aliphatic rings. The number of rotatable bonds is 9. The van der Waals surface area contributed by atoms with Crippen LogP contribution in [0.2, 0.25) is 0 Å². The van der Waals surface area contributed by atoms with Crippen LogP contribution in [0.3, 0.4) is 0 Å². The predicted molar refractivity (Wildman–Crippen MR) is 122 cm³/mol. The molecule has 166 valence electrons. The maximum atomic E-state index is 11.8. The van der Waals surface area contributed by atoms with E-state index in [0.29, 0.717) is 30.2 Å². The number of carbonyl (C=O) groups excluding carboxylic acids is 2. The Morgan fingerprint density at radius 2 is 1.88 bits per heavy atom. The van der Waals surface area contributed by atoms with Crippen molar-refractivity contribution >= 4 is 28.6 Å². The Hall–Kier alpha value is -3.94. The van der Waals surface area contributed by atoms with Crippen LogP contribution in [0.15, 0.2) is 48.5 Å². The van der Waals surface area contributed by atoms with Gasteiger partial charge in [-0.05, 0) is 61.7 Å². The largest absolute Gasteiger partial charge is 0.466 e. The molecule has 0 saturated carbocycles. The summed E-state index contributed by atoms with van der Waals surface area (Å²) in [5.74, 6) is 0.177. The summed E-state index contributed by atoms with van der Waals surface area (Å²) in [7, 11) is 0. The van der Waals surface area contributed by atoms with Crippen LogP contribution in [-0.4, -0.2) is 35.8 Å². The Balaban J connectivity index is 1.67. The Morgan fingerprint density at radius 3 is 2.56 bits per heavy atom. The zero-order valence-corrected chi connectivity index (χ0v) is 18.1. The molecule has 0 unspecified atom stereocenters. The highest BCUT2D eigenvalue weighted by molar-refractivity contribution is 5.95. The summed E-state index contributed by atoms with van der Waals surface area (Å²) in [6.07, 6.45) is 0.323. The fraction of sp³-hybridized carbons (Fsp3) is 0.250. The van der Waals surface area contributed by atoms with E-state index in [1.54, 1.807) is 31.2 Å². The van der Waals surface area contributed by atoms with E-state index < -0.39 is 5.97 Å². The monoisotopic (exact) mass is 434 g/mol. The molecule has 32 heavy (non-hydrogen) atoms. The van der Waals surface area contributed by atoms with E-state index in [9.17, 15) is 9.59 Å². The molecule has 0 aliphatic heterocycles. The third-order valence-corrected chi connectivity index (χ3v) is 4.79. The molecule has 0 atom stereocenters. The zero-order valence-electron chi connectivity index (χ0n) is 18.1. The van der Waals surface area contributed by atoms with Crippen molar-refractivity contribution in [2.24, 2.45) is 5.73 Å². The molecule has 1 amide bonds. The zero-order chi connectivity index (χ0) is 23.1. The summed E-state index contributed by atoms with van der Waals surface area (Å²) >= 11 is 0. The van der Waals surface area contributed by atoms with Gasteiger partial charge in [0.25, 0.3) is 0 Å². The van der Waals surface area contributed by atoms with Crippen molar-refractivity contribution in [1.82, 2.24) is 10.3 Å². The lowest BCUT2D eigenvalue weighted by molar-refractivity contribution is -0.145. The number of hydrogen-bond acceptors (Lipinski definition) is 6. The number of nitrogen functional groups attached to an aromatic ring is 1. The summed E-state index contributed by atoms with van der Waals surface area (Å²) in [6, 6.07) is 14.8. The maximum Gasteiger partial charge on any atom is 0.315 e. The van der Waals surface area contributed by atoms with Crippen LogP contribution in [-0.2, 0) is 20.7 Å². The number of fused-ring (bicyclic) bond motifs is 1. The second-order valence-electron chi connectivity index (χ2n) is 7.25. The smallest absolute Gasteiger partial charge is 0.315 e. The van der Waals surface area contributed by atoms with Gasteiger partial charge in [-0.3, -0.25) is 15.0 Å². The molecule has 0 aliphatic carbocycles. The van der Waals surface area contributed by atoms with Gasteiger partial charge < -0.3 is 20.5 Å². The van der Waals surface area contributed by atoms with Gasteiger partial charge in [-0.1, -0.05) is 12.1 Å². The van der Waals surface area contributed by atoms with Gasteiger partial charge in [-0.25, -0.2) is 4.98 Å². The van der Waals surface area contributed by atoms with Crippen molar-refractivity contribution in [2.45, 2.75) is 26.7 Å². The minimum atomic E-state index is -0.529. The number of ether oxygens (including phenoxy) is 2. The number of benzene rings is 2. The minimum absolute atomic E-state index is 0.000774. The van der Waals surface area contributed by atoms with E-state index in [1.165, 1.54) is 0 Å². The number of aryl methyl sites for hydroxylation is 1. The summed E-state index contributed by atoms with van der Waals surface area (Å²) in [5, 5.41) is 11.2. The third-order valence-electron chi connectivity index (χ3n) is 4.79. The standard InChI is InChI=1S/C24H26N4O4/c1-3-31-23(30)14-21(29)27-11-10-16-4-9-19-15(2)12-22(28-20(19)13-16)32-18-7-5-17(6-8-18)24(25)26/h4-9,12-13H,3,10-11,14H2,1-2H3,(H3,25,26)(H,27,29). The first-order valence-corrected chi connectivity index (χ1v) is 10.3. The predicted octanol–water partition coefficient (Wildman–Crippen LogP) is 3.23. The van der Waals surface area contributed by atoms with Gasteiger partial charge in [0.2, 0.25) is 11.8 Å². The first-order chi connectivity index (χ1) is 15.4. The van der Waals surface area contributed by atoms with Crippen molar-refractivity contribution in [2.75, 3.05) is 13.2 Å². The van der Waals surface area contributed by atoms with Gasteiger partial charge >= 0.3 is 5.97 Å². The number of nitrogens with zero attached hydrogens (tertiary/aromatic N) is 1. The van der Waals surface area contributed by atoms with Crippen LogP contribution in [0.5, 0.6) is 11.6 Å². The number of nitrogens with one attached hydrogen (secondary N) is 2. The molecule has 1 aromatic heterocycles. The number of hydrogen-bond donors (Lipinski definition) is 3. The van der Waals surface area contributed by atoms with Crippen LogP contribution in [0.1, 0.15) is 30.0 Å². The van der Waals surface area contributed by atoms with Crippen LogP contribution in [0.25, 0.3) is 10.9 Å². The number of carbonyl (C=O) groups is 2. The number of nitrogens with two attached hydrogens (primary N) is 1. The number of esters is 1. The van der Waals surface area contributed by atoms with E-state index in [2.05, 4.69) is 10.3 Å². The average molecular weight is 434 g/mol. The molecule has 0 fully saturated rings. The van der Waals surface area contributed by atoms with E-state index in [4.69, 9.17) is 20.6 Å². The van der Waals surface area contributed by atoms with Crippen molar-refractivity contribution in [3.05, 3.63) is 65.2 Å². The topological polar surface area (TPSA) is 127 Å². The summed E-state index contributed by atoms with van der Waals surface area (Å²) < 4.78 is 10.7. The molecule has 8 nitrogen and oxygen atoms in total. The van der Waals surface area contributed by atoms with Gasteiger partial charge in [0.1, 0.15) is 18.0 Å². The molecule has 0 saturated heterocycles. The van der Waals surface area contributed by atoms with Gasteiger partial charge in [-0.2, -0.15) is 0 Å². The third kappa shape index (κ3) is 6.04. The molecule has 2 aromatic carbocycles. The Morgan fingerprint density at radius 1 is 1.12 bits per heavy atom. The molecule has 0 radical (unpaired) electrons. The molecule has 4 N–H and O–H groups in total. The first-order valence-electron chi connectivity index (χ1n) is 10.3. The fourth-order valence-electron chi connectivity index (χ4n) is 3.20. The quantitative estimate of drug-likeness (QED) is 0.205. The Labute approximate surface area is 186 Å². The Kier molecular flexibility index (Phi) is 7.38. The summed E-state index contributed by atoms with van der Waals surface area (Å²) in [6.45, 7) is 4.35. The number of amidine groups is 1. The maximum absolute atomic E-state index is 11.8. The van der Waals surface area contributed by atoms with Crippen LogP contribution >= 0.6 is 0 Å².